The summed E-state index contributed by atoms with van der Waals surface area (Å²) >= 11 is 1.32. The van der Waals surface area contributed by atoms with E-state index >= 15 is 0 Å². The highest BCUT2D eigenvalue weighted by molar-refractivity contribution is 7.07. The Balaban J connectivity index is 1.92. The molecule has 188 valence electrons. The monoisotopic (exact) mass is 504 g/mol. The average molecular weight is 505 g/mol. The highest BCUT2D eigenvalue weighted by atomic mass is 32.1. The van der Waals surface area contributed by atoms with Gasteiger partial charge in [0.1, 0.15) is 11.8 Å². The maximum atomic E-state index is 13.8. The molecule has 6 nitrogen and oxygen atoms in total. The van der Waals surface area contributed by atoms with Crippen LogP contribution >= 0.6 is 11.3 Å². The standard InChI is InChI=1S/C29H32N2O4S/c1-7-34-22-12-10-9-11-21(22)25-24(27(33)35-8-2)18(3)30-28-31(25)26(32)23(36-28)17-19-13-15-20(16-14-19)29(4,5)6/h9-17,25H,7-8H2,1-6H3/b23-17-/t25-/m1/s1. The van der Waals surface area contributed by atoms with Crippen molar-refractivity contribution in [3.05, 3.63) is 96.2 Å². The Morgan fingerprint density at radius 2 is 1.78 bits per heavy atom. The first-order valence-electron chi connectivity index (χ1n) is 12.2. The number of ether oxygens (including phenoxy) is 2. The van der Waals surface area contributed by atoms with Gasteiger partial charge >= 0.3 is 5.97 Å². The molecule has 0 saturated heterocycles. The normalized spacial score (nSPS) is 15.9. The van der Waals surface area contributed by atoms with Crippen molar-refractivity contribution >= 4 is 23.4 Å². The summed E-state index contributed by atoms with van der Waals surface area (Å²) in [6.45, 7) is 12.6. The van der Waals surface area contributed by atoms with Crippen LogP contribution in [0.5, 0.6) is 5.75 Å². The van der Waals surface area contributed by atoms with E-state index in [0.29, 0.717) is 33.0 Å². The van der Waals surface area contributed by atoms with E-state index in [2.05, 4.69) is 37.9 Å². The molecule has 7 heteroatoms. The first-order valence-corrected chi connectivity index (χ1v) is 13.0. The third-order valence-electron chi connectivity index (χ3n) is 6.10. The van der Waals surface area contributed by atoms with Crippen LogP contribution in [-0.2, 0) is 14.9 Å². The molecule has 0 spiro atoms. The lowest BCUT2D eigenvalue weighted by Crippen LogP contribution is -2.40. The summed E-state index contributed by atoms with van der Waals surface area (Å²) in [5.41, 5.74) is 3.60. The molecule has 0 bridgehead atoms. The summed E-state index contributed by atoms with van der Waals surface area (Å²) in [6.07, 6.45) is 1.88. The van der Waals surface area contributed by atoms with Crippen LogP contribution in [0.2, 0.25) is 0 Å². The molecule has 2 aromatic carbocycles. The van der Waals surface area contributed by atoms with E-state index < -0.39 is 12.0 Å². The van der Waals surface area contributed by atoms with Crippen molar-refractivity contribution < 1.29 is 14.3 Å². The largest absolute Gasteiger partial charge is 0.494 e. The van der Waals surface area contributed by atoms with E-state index in [9.17, 15) is 9.59 Å². The number of carbonyl (C=O) groups is 1. The Kier molecular flexibility index (Phi) is 7.31. The van der Waals surface area contributed by atoms with Crippen molar-refractivity contribution in [2.75, 3.05) is 13.2 Å². The van der Waals surface area contributed by atoms with Gasteiger partial charge in [0.05, 0.1) is 29.0 Å². The number of esters is 1. The number of fused-ring (bicyclic) bond motifs is 1. The van der Waals surface area contributed by atoms with Crippen LogP contribution in [0.3, 0.4) is 0 Å². The molecule has 1 aromatic heterocycles. The fourth-order valence-electron chi connectivity index (χ4n) is 4.31. The van der Waals surface area contributed by atoms with Crippen LogP contribution in [0.15, 0.2) is 69.6 Å². The van der Waals surface area contributed by atoms with E-state index in [0.717, 1.165) is 11.1 Å². The van der Waals surface area contributed by atoms with E-state index in [1.165, 1.54) is 16.9 Å². The molecular weight excluding hydrogens is 472 g/mol. The fourth-order valence-corrected chi connectivity index (χ4v) is 5.36. The number of hydrogen-bond donors (Lipinski definition) is 0. The number of benzene rings is 2. The van der Waals surface area contributed by atoms with Crippen molar-refractivity contribution in [2.24, 2.45) is 4.99 Å². The quantitative estimate of drug-likeness (QED) is 0.464. The first-order chi connectivity index (χ1) is 17.2. The van der Waals surface area contributed by atoms with Gasteiger partial charge in [-0.1, -0.05) is 74.6 Å². The Morgan fingerprint density at radius 3 is 2.42 bits per heavy atom. The topological polar surface area (TPSA) is 69.9 Å². The van der Waals surface area contributed by atoms with Crippen molar-refractivity contribution in [3.63, 3.8) is 0 Å². The summed E-state index contributed by atoms with van der Waals surface area (Å²) < 4.78 is 13.4. The van der Waals surface area contributed by atoms with Crippen LogP contribution in [0, 0.1) is 0 Å². The minimum atomic E-state index is -0.700. The maximum Gasteiger partial charge on any atom is 0.338 e. The molecule has 1 atom stereocenters. The smallest absolute Gasteiger partial charge is 0.338 e. The van der Waals surface area contributed by atoms with Crippen LogP contribution in [0.25, 0.3) is 6.08 Å². The molecule has 36 heavy (non-hydrogen) atoms. The van der Waals surface area contributed by atoms with Crippen LogP contribution in [-0.4, -0.2) is 23.8 Å². The van der Waals surface area contributed by atoms with E-state index in [-0.39, 0.29) is 17.6 Å². The zero-order valence-electron chi connectivity index (χ0n) is 21.6. The summed E-state index contributed by atoms with van der Waals surface area (Å²) in [7, 11) is 0. The number of para-hydroxylation sites is 1. The van der Waals surface area contributed by atoms with E-state index in [1.807, 2.05) is 49.4 Å². The van der Waals surface area contributed by atoms with Gasteiger partial charge in [-0.05, 0) is 49.5 Å². The molecule has 0 N–H and O–H groups in total. The number of aromatic nitrogens is 1. The predicted molar refractivity (Wildman–Crippen MR) is 143 cm³/mol. The number of hydrogen-bond acceptors (Lipinski definition) is 6. The third-order valence-corrected chi connectivity index (χ3v) is 7.09. The lowest BCUT2D eigenvalue weighted by molar-refractivity contribution is -0.139. The first kappa shape index (κ1) is 25.6. The van der Waals surface area contributed by atoms with Gasteiger partial charge in [0.15, 0.2) is 4.80 Å². The van der Waals surface area contributed by atoms with Gasteiger partial charge in [-0.15, -0.1) is 0 Å². The Bertz CT molecular complexity index is 1490. The molecule has 0 amide bonds. The third kappa shape index (κ3) is 4.93. The second-order valence-corrected chi connectivity index (χ2v) is 10.7. The Labute approximate surface area is 215 Å². The van der Waals surface area contributed by atoms with Crippen LogP contribution in [0.1, 0.15) is 64.3 Å². The number of carbonyl (C=O) groups excluding carboxylic acids is 1. The molecule has 0 aliphatic carbocycles. The maximum absolute atomic E-state index is 13.8. The average Bonchev–Trinajstić information content (AvgIpc) is 3.13. The Morgan fingerprint density at radius 1 is 1.08 bits per heavy atom. The molecule has 0 radical (unpaired) electrons. The van der Waals surface area contributed by atoms with Gasteiger partial charge in [-0.25, -0.2) is 9.79 Å². The SMILES string of the molecule is CCOC(=O)C1=C(C)N=c2s/c(=C\c3ccc(C(C)(C)C)cc3)c(=O)n2[C@@H]1c1ccccc1OCC. The molecule has 3 aromatic rings. The summed E-state index contributed by atoms with van der Waals surface area (Å²) in [6, 6.07) is 15.0. The summed E-state index contributed by atoms with van der Waals surface area (Å²) in [5.74, 6) is 0.135. The van der Waals surface area contributed by atoms with Gasteiger partial charge in [0.2, 0.25) is 0 Å². The van der Waals surface area contributed by atoms with Gasteiger partial charge in [0, 0.05) is 5.56 Å². The van der Waals surface area contributed by atoms with Crippen LogP contribution < -0.4 is 19.6 Å². The second-order valence-electron chi connectivity index (χ2n) is 9.65. The van der Waals surface area contributed by atoms with Crippen LogP contribution in [0.4, 0.5) is 0 Å². The molecule has 0 saturated carbocycles. The molecule has 0 unspecified atom stereocenters. The van der Waals surface area contributed by atoms with Crippen molar-refractivity contribution in [3.8, 4) is 5.75 Å². The van der Waals surface area contributed by atoms with Crippen molar-refractivity contribution in [2.45, 2.75) is 53.0 Å². The van der Waals surface area contributed by atoms with E-state index in [1.54, 1.807) is 18.4 Å². The van der Waals surface area contributed by atoms with Gasteiger partial charge in [-0.3, -0.25) is 9.36 Å². The minimum absolute atomic E-state index is 0.0485. The summed E-state index contributed by atoms with van der Waals surface area (Å²) in [5, 5.41) is 0. The predicted octanol–water partition coefficient (Wildman–Crippen LogP) is 4.49. The van der Waals surface area contributed by atoms with Gasteiger partial charge in [0.25, 0.3) is 5.56 Å². The van der Waals surface area contributed by atoms with Crippen molar-refractivity contribution in [1.82, 2.24) is 4.57 Å². The lowest BCUT2D eigenvalue weighted by atomic mass is 9.87. The molecule has 2 heterocycles. The number of thiazole rings is 1. The zero-order valence-corrected chi connectivity index (χ0v) is 22.4. The zero-order chi connectivity index (χ0) is 26.0. The number of allylic oxidation sites excluding steroid dienone is 1. The molecule has 0 fully saturated rings. The van der Waals surface area contributed by atoms with Gasteiger partial charge < -0.3 is 9.47 Å². The highest BCUT2D eigenvalue weighted by Gasteiger charge is 2.35. The Hall–Kier alpha value is -3.45. The minimum Gasteiger partial charge on any atom is -0.494 e. The molecule has 1 aliphatic rings. The highest BCUT2D eigenvalue weighted by Crippen LogP contribution is 2.35. The van der Waals surface area contributed by atoms with Gasteiger partial charge in [-0.2, -0.15) is 0 Å². The lowest BCUT2D eigenvalue weighted by Gasteiger charge is -2.26. The number of nitrogens with zero attached hydrogens (tertiary/aromatic N) is 2. The van der Waals surface area contributed by atoms with E-state index in [4.69, 9.17) is 9.47 Å². The molecular formula is C29H32N2O4S. The second kappa shape index (κ2) is 10.3. The summed E-state index contributed by atoms with van der Waals surface area (Å²) in [4.78, 5) is 32.1. The van der Waals surface area contributed by atoms with Crippen molar-refractivity contribution in [1.29, 1.82) is 0 Å². The molecule has 4 rings (SSSR count). The number of rotatable bonds is 6. The molecule has 1 aliphatic heterocycles. The fraction of sp³-hybridized carbons (Fsp3) is 0.345.